The average molecular weight is 398 g/mol. The molecule has 1 unspecified atom stereocenters. The van der Waals surface area contributed by atoms with Crippen LogP contribution in [-0.4, -0.2) is 56.8 Å². The average Bonchev–Trinajstić information content (AvgIpc) is 2.73. The zero-order valence-corrected chi connectivity index (χ0v) is 17.5. The smallest absolute Gasteiger partial charge is 0.253 e. The molecule has 156 valence electrons. The monoisotopic (exact) mass is 397 g/mol. The van der Waals surface area contributed by atoms with Crippen molar-refractivity contribution in [1.82, 2.24) is 10.2 Å². The minimum absolute atomic E-state index is 0.0214. The third-order valence-electron chi connectivity index (χ3n) is 4.88. The summed E-state index contributed by atoms with van der Waals surface area (Å²) < 4.78 is 11.0. The number of hydrogen-bond donors (Lipinski definition) is 2. The van der Waals surface area contributed by atoms with E-state index in [-0.39, 0.29) is 12.0 Å². The minimum atomic E-state index is -0.105. The van der Waals surface area contributed by atoms with Gasteiger partial charge in [0.2, 0.25) is 0 Å². The van der Waals surface area contributed by atoms with E-state index < -0.39 is 0 Å². The fourth-order valence-corrected chi connectivity index (χ4v) is 3.51. The Labute approximate surface area is 173 Å². The van der Waals surface area contributed by atoms with Crippen molar-refractivity contribution in [3.63, 3.8) is 0 Å². The number of anilines is 2. The molecule has 0 spiro atoms. The predicted molar refractivity (Wildman–Crippen MR) is 116 cm³/mol. The van der Waals surface area contributed by atoms with Crippen LogP contribution < -0.4 is 15.4 Å². The Morgan fingerprint density at radius 3 is 2.69 bits per heavy atom. The van der Waals surface area contributed by atoms with Crippen molar-refractivity contribution in [2.75, 3.05) is 45.2 Å². The zero-order valence-electron chi connectivity index (χ0n) is 17.5. The number of hydrogen-bond acceptors (Lipinski definition) is 5. The Balaban J connectivity index is 1.59. The van der Waals surface area contributed by atoms with Gasteiger partial charge in [-0.15, -0.1) is 0 Å². The molecule has 0 aromatic heterocycles. The van der Waals surface area contributed by atoms with Crippen molar-refractivity contribution in [3.8, 4) is 5.75 Å². The van der Waals surface area contributed by atoms with Gasteiger partial charge >= 0.3 is 0 Å². The van der Waals surface area contributed by atoms with Crippen LogP contribution in [0.1, 0.15) is 24.2 Å². The molecule has 1 heterocycles. The first-order chi connectivity index (χ1) is 14.0. The summed E-state index contributed by atoms with van der Waals surface area (Å²) in [5.74, 6) is 1.31. The summed E-state index contributed by atoms with van der Waals surface area (Å²) in [7, 11) is 1.64. The van der Waals surface area contributed by atoms with Crippen LogP contribution in [0.15, 0.2) is 48.5 Å². The summed E-state index contributed by atoms with van der Waals surface area (Å²) in [5, 5.41) is 6.35. The standard InChI is InChI=1S/C23H31N3O3/c1-17(2)15-26-12-13-29-20(16-26)14-24-23(27)21-6-4-5-7-22(21)25-18-8-10-19(28-3)11-9-18/h4-11,17,20,25H,12-16H2,1-3H3,(H,24,27). The lowest BCUT2D eigenvalue weighted by atomic mass is 10.1. The number of rotatable bonds is 8. The van der Waals surface area contributed by atoms with Crippen LogP contribution in [-0.2, 0) is 4.74 Å². The molecule has 6 nitrogen and oxygen atoms in total. The van der Waals surface area contributed by atoms with Crippen LogP contribution in [0.5, 0.6) is 5.75 Å². The van der Waals surface area contributed by atoms with Gasteiger partial charge in [-0.25, -0.2) is 0 Å². The van der Waals surface area contributed by atoms with E-state index in [0.29, 0.717) is 24.6 Å². The number of para-hydroxylation sites is 1. The number of amides is 1. The number of morpholine rings is 1. The molecule has 3 rings (SSSR count). The molecular formula is C23H31N3O3. The van der Waals surface area contributed by atoms with Gasteiger partial charge in [0.1, 0.15) is 5.75 Å². The predicted octanol–water partition coefficient (Wildman–Crippen LogP) is 3.53. The van der Waals surface area contributed by atoms with Gasteiger partial charge in [-0.05, 0) is 42.3 Å². The fourth-order valence-electron chi connectivity index (χ4n) is 3.51. The quantitative estimate of drug-likeness (QED) is 0.714. The van der Waals surface area contributed by atoms with E-state index >= 15 is 0 Å². The molecule has 1 saturated heterocycles. The summed E-state index contributed by atoms with van der Waals surface area (Å²) in [6, 6.07) is 15.1. The van der Waals surface area contributed by atoms with Crippen molar-refractivity contribution in [3.05, 3.63) is 54.1 Å². The van der Waals surface area contributed by atoms with E-state index in [0.717, 1.165) is 36.8 Å². The fraction of sp³-hybridized carbons (Fsp3) is 0.435. The molecule has 2 aromatic rings. The van der Waals surface area contributed by atoms with Crippen molar-refractivity contribution in [2.45, 2.75) is 20.0 Å². The molecule has 29 heavy (non-hydrogen) atoms. The molecule has 1 aliphatic heterocycles. The highest BCUT2D eigenvalue weighted by Gasteiger charge is 2.22. The van der Waals surface area contributed by atoms with Crippen LogP contribution >= 0.6 is 0 Å². The lowest BCUT2D eigenvalue weighted by Crippen LogP contribution is -2.48. The topological polar surface area (TPSA) is 62.8 Å². The number of carbonyl (C=O) groups excluding carboxylic acids is 1. The van der Waals surface area contributed by atoms with Gasteiger partial charge in [0, 0.05) is 31.9 Å². The maximum atomic E-state index is 12.8. The Kier molecular flexibility index (Phi) is 7.49. The number of ether oxygens (including phenoxy) is 2. The summed E-state index contributed by atoms with van der Waals surface area (Å²) in [6.07, 6.45) is 0.0214. The molecule has 0 aliphatic carbocycles. The molecule has 0 radical (unpaired) electrons. The highest BCUT2D eigenvalue weighted by molar-refractivity contribution is 6.00. The maximum absolute atomic E-state index is 12.8. The second-order valence-electron chi connectivity index (χ2n) is 7.76. The summed E-state index contributed by atoms with van der Waals surface area (Å²) in [5.41, 5.74) is 2.27. The molecule has 2 N–H and O–H groups in total. The van der Waals surface area contributed by atoms with Crippen molar-refractivity contribution in [1.29, 1.82) is 0 Å². The lowest BCUT2D eigenvalue weighted by molar-refractivity contribution is -0.0295. The Bertz CT molecular complexity index is 792. The molecule has 1 atom stereocenters. The summed E-state index contributed by atoms with van der Waals surface area (Å²) in [6.45, 7) is 8.52. The Hall–Kier alpha value is -2.57. The molecule has 0 bridgehead atoms. The Morgan fingerprint density at radius 2 is 1.97 bits per heavy atom. The van der Waals surface area contributed by atoms with Crippen LogP contribution in [0.3, 0.4) is 0 Å². The van der Waals surface area contributed by atoms with Gasteiger partial charge in [0.15, 0.2) is 0 Å². The molecular weight excluding hydrogens is 366 g/mol. The largest absolute Gasteiger partial charge is 0.497 e. The molecule has 1 aliphatic rings. The van der Waals surface area contributed by atoms with Gasteiger partial charge in [-0.1, -0.05) is 26.0 Å². The lowest BCUT2D eigenvalue weighted by Gasteiger charge is -2.34. The number of carbonyl (C=O) groups is 1. The normalized spacial score (nSPS) is 17.2. The maximum Gasteiger partial charge on any atom is 0.253 e. The highest BCUT2D eigenvalue weighted by atomic mass is 16.5. The molecule has 1 fully saturated rings. The van der Waals surface area contributed by atoms with Crippen LogP contribution in [0.4, 0.5) is 11.4 Å². The summed E-state index contributed by atoms with van der Waals surface area (Å²) in [4.78, 5) is 15.2. The molecule has 1 amide bonds. The van der Waals surface area contributed by atoms with Gasteiger partial charge in [0.05, 0.1) is 31.1 Å². The third kappa shape index (κ3) is 6.21. The number of methoxy groups -OCH3 is 1. The second kappa shape index (κ2) is 10.3. The highest BCUT2D eigenvalue weighted by Crippen LogP contribution is 2.23. The van der Waals surface area contributed by atoms with Gasteiger partial charge in [-0.2, -0.15) is 0 Å². The Morgan fingerprint density at radius 1 is 1.21 bits per heavy atom. The van der Waals surface area contributed by atoms with Gasteiger partial charge in [0.25, 0.3) is 5.91 Å². The van der Waals surface area contributed by atoms with Gasteiger partial charge < -0.3 is 20.1 Å². The van der Waals surface area contributed by atoms with E-state index in [9.17, 15) is 4.79 Å². The second-order valence-corrected chi connectivity index (χ2v) is 7.76. The first-order valence-corrected chi connectivity index (χ1v) is 10.2. The van der Waals surface area contributed by atoms with E-state index in [1.165, 1.54) is 0 Å². The molecule has 6 heteroatoms. The zero-order chi connectivity index (χ0) is 20.6. The van der Waals surface area contributed by atoms with E-state index in [1.807, 2.05) is 48.5 Å². The third-order valence-corrected chi connectivity index (χ3v) is 4.88. The van der Waals surface area contributed by atoms with E-state index in [1.54, 1.807) is 7.11 Å². The number of benzene rings is 2. The minimum Gasteiger partial charge on any atom is -0.497 e. The van der Waals surface area contributed by atoms with E-state index in [4.69, 9.17) is 9.47 Å². The van der Waals surface area contributed by atoms with Gasteiger partial charge in [-0.3, -0.25) is 9.69 Å². The number of nitrogens with one attached hydrogen (secondary N) is 2. The van der Waals surface area contributed by atoms with Crippen molar-refractivity contribution in [2.24, 2.45) is 5.92 Å². The summed E-state index contributed by atoms with van der Waals surface area (Å²) >= 11 is 0. The molecule has 2 aromatic carbocycles. The van der Waals surface area contributed by atoms with Crippen LogP contribution in [0.25, 0.3) is 0 Å². The molecule has 0 saturated carbocycles. The van der Waals surface area contributed by atoms with Crippen molar-refractivity contribution < 1.29 is 14.3 Å². The first kappa shape index (κ1) is 21.1. The number of nitrogens with zero attached hydrogens (tertiary/aromatic N) is 1. The van der Waals surface area contributed by atoms with E-state index in [2.05, 4.69) is 29.4 Å². The van der Waals surface area contributed by atoms with Crippen LogP contribution in [0, 0.1) is 5.92 Å². The van der Waals surface area contributed by atoms with Crippen LogP contribution in [0.2, 0.25) is 0 Å². The first-order valence-electron chi connectivity index (χ1n) is 10.2. The van der Waals surface area contributed by atoms with Crippen molar-refractivity contribution >= 4 is 17.3 Å². The SMILES string of the molecule is COc1ccc(Nc2ccccc2C(=O)NCC2CN(CC(C)C)CCO2)cc1.